The molecule has 0 bridgehead atoms. The predicted molar refractivity (Wildman–Crippen MR) is 73.1 cm³/mol. The van der Waals surface area contributed by atoms with E-state index in [2.05, 4.69) is 26.3 Å². The zero-order valence-corrected chi connectivity index (χ0v) is 11.2. The Morgan fingerprint density at radius 1 is 1.17 bits per heavy atom. The van der Waals surface area contributed by atoms with Crippen molar-refractivity contribution in [2.75, 3.05) is 31.1 Å². The van der Waals surface area contributed by atoms with Gasteiger partial charge < -0.3 is 10.2 Å². The van der Waals surface area contributed by atoms with E-state index in [9.17, 15) is 0 Å². The topological polar surface area (TPSA) is 41.1 Å². The summed E-state index contributed by atoms with van der Waals surface area (Å²) in [6.07, 6.45) is 5.00. The summed E-state index contributed by atoms with van der Waals surface area (Å²) >= 11 is 0. The van der Waals surface area contributed by atoms with Gasteiger partial charge in [0.2, 0.25) is 0 Å². The van der Waals surface area contributed by atoms with E-state index in [0.717, 1.165) is 37.8 Å². The molecule has 0 amide bonds. The summed E-state index contributed by atoms with van der Waals surface area (Å²) < 4.78 is 0. The summed E-state index contributed by atoms with van der Waals surface area (Å²) in [6.45, 7) is 6.56. The molecule has 98 valence electrons. The quantitative estimate of drug-likeness (QED) is 0.864. The number of anilines is 1. The van der Waals surface area contributed by atoms with Gasteiger partial charge in [0, 0.05) is 30.8 Å². The molecular formula is C14H22N4. The standard InChI is InChI=1S/C14H22N4/c1-11-16-13(12-4-6-15-7-5-12)10-14(17-11)18-8-2-3-9-18/h10,12,15H,2-9H2,1H3. The van der Waals surface area contributed by atoms with Crippen LogP contribution in [0.2, 0.25) is 0 Å². The van der Waals surface area contributed by atoms with Crippen LogP contribution in [0.5, 0.6) is 0 Å². The largest absolute Gasteiger partial charge is 0.357 e. The lowest BCUT2D eigenvalue weighted by Crippen LogP contribution is -2.27. The van der Waals surface area contributed by atoms with Crippen molar-refractivity contribution in [3.63, 3.8) is 0 Å². The van der Waals surface area contributed by atoms with Crippen LogP contribution in [-0.2, 0) is 0 Å². The molecule has 0 unspecified atom stereocenters. The Morgan fingerprint density at radius 3 is 2.61 bits per heavy atom. The summed E-state index contributed by atoms with van der Waals surface area (Å²) in [6, 6.07) is 2.23. The van der Waals surface area contributed by atoms with Gasteiger partial charge in [-0.15, -0.1) is 0 Å². The van der Waals surface area contributed by atoms with Crippen molar-refractivity contribution in [3.05, 3.63) is 17.6 Å². The van der Waals surface area contributed by atoms with Gasteiger partial charge in [0.25, 0.3) is 0 Å². The van der Waals surface area contributed by atoms with Gasteiger partial charge >= 0.3 is 0 Å². The van der Waals surface area contributed by atoms with Crippen LogP contribution in [0.4, 0.5) is 5.82 Å². The van der Waals surface area contributed by atoms with Crippen molar-refractivity contribution in [1.29, 1.82) is 0 Å². The van der Waals surface area contributed by atoms with Crippen LogP contribution in [0.3, 0.4) is 0 Å². The van der Waals surface area contributed by atoms with Crippen LogP contribution in [0.15, 0.2) is 6.07 Å². The molecule has 4 heteroatoms. The number of aromatic nitrogens is 2. The average molecular weight is 246 g/mol. The van der Waals surface area contributed by atoms with Crippen molar-refractivity contribution in [2.24, 2.45) is 0 Å². The zero-order chi connectivity index (χ0) is 12.4. The molecule has 2 aliphatic rings. The Morgan fingerprint density at radius 2 is 1.89 bits per heavy atom. The second-order valence-corrected chi connectivity index (χ2v) is 5.42. The molecule has 0 saturated carbocycles. The number of nitrogens with one attached hydrogen (secondary N) is 1. The van der Waals surface area contributed by atoms with Crippen molar-refractivity contribution >= 4 is 5.82 Å². The number of piperidine rings is 1. The molecule has 3 rings (SSSR count). The van der Waals surface area contributed by atoms with Crippen molar-refractivity contribution in [3.8, 4) is 0 Å². The predicted octanol–water partition coefficient (Wildman–Crippen LogP) is 1.85. The number of nitrogens with zero attached hydrogens (tertiary/aromatic N) is 3. The summed E-state index contributed by atoms with van der Waals surface area (Å²) in [5.41, 5.74) is 1.26. The van der Waals surface area contributed by atoms with E-state index in [1.54, 1.807) is 0 Å². The van der Waals surface area contributed by atoms with E-state index in [1.165, 1.54) is 31.4 Å². The van der Waals surface area contributed by atoms with Crippen LogP contribution in [0.25, 0.3) is 0 Å². The second kappa shape index (κ2) is 5.22. The Labute approximate surface area is 109 Å². The summed E-state index contributed by atoms with van der Waals surface area (Å²) in [4.78, 5) is 11.7. The van der Waals surface area contributed by atoms with Gasteiger partial charge in [-0.1, -0.05) is 0 Å². The molecule has 1 aromatic rings. The van der Waals surface area contributed by atoms with Gasteiger partial charge in [-0.05, 0) is 45.7 Å². The van der Waals surface area contributed by atoms with Crippen molar-refractivity contribution in [1.82, 2.24) is 15.3 Å². The second-order valence-electron chi connectivity index (χ2n) is 5.42. The minimum atomic E-state index is 0.620. The summed E-state index contributed by atoms with van der Waals surface area (Å²) in [5, 5.41) is 3.41. The van der Waals surface area contributed by atoms with E-state index < -0.39 is 0 Å². The monoisotopic (exact) mass is 246 g/mol. The van der Waals surface area contributed by atoms with Crippen LogP contribution in [0, 0.1) is 6.92 Å². The smallest absolute Gasteiger partial charge is 0.132 e. The minimum Gasteiger partial charge on any atom is -0.357 e. The zero-order valence-electron chi connectivity index (χ0n) is 11.2. The minimum absolute atomic E-state index is 0.620. The Balaban J connectivity index is 1.84. The number of aryl methyl sites for hydroxylation is 1. The molecule has 18 heavy (non-hydrogen) atoms. The highest BCUT2D eigenvalue weighted by molar-refractivity contribution is 5.41. The van der Waals surface area contributed by atoms with Crippen molar-refractivity contribution < 1.29 is 0 Å². The number of rotatable bonds is 2. The third-order valence-electron chi connectivity index (χ3n) is 4.03. The van der Waals surface area contributed by atoms with E-state index in [1.807, 2.05) is 6.92 Å². The maximum atomic E-state index is 4.66. The average Bonchev–Trinajstić information content (AvgIpc) is 2.93. The first-order chi connectivity index (χ1) is 8.83. The maximum absolute atomic E-state index is 4.66. The molecule has 4 nitrogen and oxygen atoms in total. The normalized spacial score (nSPS) is 21.5. The highest BCUT2D eigenvalue weighted by atomic mass is 15.2. The van der Waals surface area contributed by atoms with Crippen LogP contribution in [0.1, 0.15) is 43.1 Å². The number of hydrogen-bond acceptors (Lipinski definition) is 4. The van der Waals surface area contributed by atoms with Gasteiger partial charge in [0.05, 0.1) is 0 Å². The molecular weight excluding hydrogens is 224 g/mol. The highest BCUT2D eigenvalue weighted by Gasteiger charge is 2.20. The SMILES string of the molecule is Cc1nc(C2CCNCC2)cc(N2CCCC2)n1. The Hall–Kier alpha value is -1.16. The molecule has 2 saturated heterocycles. The molecule has 3 heterocycles. The van der Waals surface area contributed by atoms with E-state index >= 15 is 0 Å². The summed E-state index contributed by atoms with van der Waals surface area (Å²) in [7, 11) is 0. The fourth-order valence-electron chi connectivity index (χ4n) is 3.01. The molecule has 1 N–H and O–H groups in total. The fourth-order valence-corrected chi connectivity index (χ4v) is 3.01. The maximum Gasteiger partial charge on any atom is 0.132 e. The molecule has 2 aliphatic heterocycles. The van der Waals surface area contributed by atoms with Crippen LogP contribution in [-0.4, -0.2) is 36.1 Å². The van der Waals surface area contributed by atoms with Crippen molar-refractivity contribution in [2.45, 2.75) is 38.5 Å². The van der Waals surface area contributed by atoms with Gasteiger partial charge in [0.1, 0.15) is 11.6 Å². The van der Waals surface area contributed by atoms with Crippen LogP contribution < -0.4 is 10.2 Å². The van der Waals surface area contributed by atoms with Gasteiger partial charge in [-0.25, -0.2) is 9.97 Å². The summed E-state index contributed by atoms with van der Waals surface area (Å²) in [5.74, 6) is 2.69. The lowest BCUT2D eigenvalue weighted by molar-refractivity contribution is 0.452. The molecule has 0 radical (unpaired) electrons. The molecule has 2 fully saturated rings. The lowest BCUT2D eigenvalue weighted by Gasteiger charge is -2.24. The Bertz CT molecular complexity index is 406. The molecule has 0 spiro atoms. The van der Waals surface area contributed by atoms with E-state index in [4.69, 9.17) is 0 Å². The third-order valence-corrected chi connectivity index (χ3v) is 4.03. The Kier molecular flexibility index (Phi) is 3.46. The third kappa shape index (κ3) is 2.48. The van der Waals surface area contributed by atoms with Gasteiger partial charge in [-0.2, -0.15) is 0 Å². The van der Waals surface area contributed by atoms with Gasteiger partial charge in [-0.3, -0.25) is 0 Å². The first kappa shape index (κ1) is 11.9. The fraction of sp³-hybridized carbons (Fsp3) is 0.714. The highest BCUT2D eigenvalue weighted by Crippen LogP contribution is 2.27. The van der Waals surface area contributed by atoms with E-state index in [-0.39, 0.29) is 0 Å². The first-order valence-corrected chi connectivity index (χ1v) is 7.14. The molecule has 0 atom stereocenters. The molecule has 0 aromatic carbocycles. The van der Waals surface area contributed by atoms with Gasteiger partial charge in [0.15, 0.2) is 0 Å². The number of hydrogen-bond donors (Lipinski definition) is 1. The molecule has 1 aromatic heterocycles. The lowest BCUT2D eigenvalue weighted by atomic mass is 9.94. The van der Waals surface area contributed by atoms with Crippen LogP contribution >= 0.6 is 0 Å². The molecule has 0 aliphatic carbocycles. The first-order valence-electron chi connectivity index (χ1n) is 7.14. The van der Waals surface area contributed by atoms with E-state index in [0.29, 0.717) is 5.92 Å².